The van der Waals surface area contributed by atoms with Gasteiger partial charge in [0.15, 0.2) is 6.10 Å². The first kappa shape index (κ1) is 23.9. The summed E-state index contributed by atoms with van der Waals surface area (Å²) >= 11 is 0. The van der Waals surface area contributed by atoms with Crippen LogP contribution in [0.2, 0.25) is 0 Å². The van der Waals surface area contributed by atoms with Crippen LogP contribution in [-0.2, 0) is 22.4 Å². The number of carboxylic acids is 1. The van der Waals surface area contributed by atoms with Crippen molar-refractivity contribution in [1.82, 2.24) is 10.3 Å². The molecule has 2 aromatic carbocycles. The van der Waals surface area contributed by atoms with Gasteiger partial charge in [-0.1, -0.05) is 6.92 Å². The van der Waals surface area contributed by atoms with Gasteiger partial charge < -0.3 is 29.7 Å². The number of carboxylic acid groups (broad SMARTS) is 1. The third-order valence-electron chi connectivity index (χ3n) is 5.88. The van der Waals surface area contributed by atoms with Crippen LogP contribution in [0, 0.1) is 6.92 Å². The summed E-state index contributed by atoms with van der Waals surface area (Å²) < 4.78 is 11.3. The molecule has 4 N–H and O–H groups in total. The summed E-state index contributed by atoms with van der Waals surface area (Å²) in [4.78, 5) is 39.8. The Morgan fingerprint density at radius 1 is 1.17 bits per heavy atom. The molecule has 2 aromatic heterocycles. The molecule has 0 radical (unpaired) electrons. The van der Waals surface area contributed by atoms with E-state index < -0.39 is 29.6 Å². The average Bonchev–Trinajstić information content (AvgIpc) is 3.19. The molecule has 4 rings (SSSR count). The van der Waals surface area contributed by atoms with Gasteiger partial charge in [-0.2, -0.15) is 0 Å². The van der Waals surface area contributed by atoms with Crippen molar-refractivity contribution in [2.75, 3.05) is 0 Å². The highest BCUT2D eigenvalue weighted by atomic mass is 16.5. The molecule has 0 bridgehead atoms. The summed E-state index contributed by atoms with van der Waals surface area (Å²) in [6, 6.07) is 8.42. The van der Waals surface area contributed by atoms with Gasteiger partial charge in [0.05, 0.1) is 5.39 Å². The number of rotatable bonds is 8. The van der Waals surface area contributed by atoms with E-state index in [1.54, 1.807) is 30.5 Å². The Hall–Kier alpha value is -4.27. The Labute approximate surface area is 200 Å². The second-order valence-corrected chi connectivity index (χ2v) is 8.49. The van der Waals surface area contributed by atoms with Crippen molar-refractivity contribution < 1.29 is 29.0 Å². The fraction of sp³-hybridized carbons (Fsp3) is 0.269. The second-order valence-electron chi connectivity index (χ2n) is 8.49. The maximum atomic E-state index is 12.9. The van der Waals surface area contributed by atoms with Crippen molar-refractivity contribution >= 4 is 33.7 Å². The van der Waals surface area contributed by atoms with Crippen LogP contribution in [0.3, 0.4) is 0 Å². The number of aromatic nitrogens is 1. The predicted molar refractivity (Wildman–Crippen MR) is 130 cm³/mol. The Balaban J connectivity index is 1.56. The van der Waals surface area contributed by atoms with Gasteiger partial charge in [0.25, 0.3) is 5.91 Å². The number of amides is 1. The van der Waals surface area contributed by atoms with Gasteiger partial charge in [-0.25, -0.2) is 9.59 Å². The summed E-state index contributed by atoms with van der Waals surface area (Å²) in [5.41, 5.74) is 2.79. The summed E-state index contributed by atoms with van der Waals surface area (Å²) in [5.74, 6) is -1.37. The smallest absolute Gasteiger partial charge is 0.336 e. The number of carbonyl (C=O) groups excluding carboxylic acids is 1. The minimum Gasteiger partial charge on any atom is -0.508 e. The van der Waals surface area contributed by atoms with E-state index in [0.29, 0.717) is 34.1 Å². The van der Waals surface area contributed by atoms with Gasteiger partial charge in [0.2, 0.25) is 0 Å². The summed E-state index contributed by atoms with van der Waals surface area (Å²) in [6.45, 7) is 5.24. The van der Waals surface area contributed by atoms with E-state index >= 15 is 0 Å². The monoisotopic (exact) mass is 478 g/mol. The lowest BCUT2D eigenvalue weighted by Gasteiger charge is -2.20. The fourth-order valence-corrected chi connectivity index (χ4v) is 4.13. The van der Waals surface area contributed by atoms with Gasteiger partial charge in [-0.15, -0.1) is 0 Å². The highest BCUT2D eigenvalue weighted by Gasteiger charge is 2.26. The molecule has 9 nitrogen and oxygen atoms in total. The number of aryl methyl sites for hydroxylation is 2. The van der Waals surface area contributed by atoms with Crippen molar-refractivity contribution in [3.63, 3.8) is 0 Å². The van der Waals surface area contributed by atoms with Crippen LogP contribution in [0.4, 0.5) is 0 Å². The van der Waals surface area contributed by atoms with Crippen LogP contribution < -0.4 is 15.7 Å². The van der Waals surface area contributed by atoms with Crippen molar-refractivity contribution in [3.05, 3.63) is 69.7 Å². The third kappa shape index (κ3) is 4.98. The molecule has 35 heavy (non-hydrogen) atoms. The lowest BCUT2D eigenvalue weighted by atomic mass is 10.0. The number of phenolic OH excluding ortho intramolecular Hbond substituents is 1. The number of benzene rings is 2. The number of aliphatic carboxylic acids is 1. The van der Waals surface area contributed by atoms with E-state index in [0.717, 1.165) is 16.6 Å². The van der Waals surface area contributed by atoms with Gasteiger partial charge >= 0.3 is 11.6 Å². The summed E-state index contributed by atoms with van der Waals surface area (Å²) in [7, 11) is 0. The average molecular weight is 479 g/mol. The number of hydrogen-bond acceptors (Lipinski definition) is 6. The molecule has 0 unspecified atom stereocenters. The SMILES string of the molecule is CCc1cc(=O)oc2cc(C)cc(O[C@@H](C)C(=O)N[C@@H](Cc3c[nH]c4ccc(O)cc34)C(=O)O)c12. The molecule has 0 aliphatic carbocycles. The second kappa shape index (κ2) is 9.54. The van der Waals surface area contributed by atoms with Gasteiger partial charge in [0, 0.05) is 29.6 Å². The van der Waals surface area contributed by atoms with Crippen molar-refractivity contribution in [3.8, 4) is 11.5 Å². The topological polar surface area (TPSA) is 142 Å². The van der Waals surface area contributed by atoms with Gasteiger partial charge in [-0.3, -0.25) is 4.79 Å². The number of hydrogen-bond donors (Lipinski definition) is 4. The minimum absolute atomic E-state index is 0.00968. The number of aromatic amines is 1. The minimum atomic E-state index is -1.21. The summed E-state index contributed by atoms with van der Waals surface area (Å²) in [6.07, 6.45) is 1.20. The van der Waals surface area contributed by atoms with E-state index in [1.165, 1.54) is 19.1 Å². The van der Waals surface area contributed by atoms with E-state index in [2.05, 4.69) is 10.3 Å². The standard InChI is InChI=1S/C26H26N2O7/c1-4-15-10-23(30)35-22-8-13(2)7-21(24(15)22)34-14(3)25(31)28-20(26(32)33)9-16-12-27-19-6-5-17(29)11-18(16)19/h5-8,10-12,14,20,27,29H,4,9H2,1-3H3,(H,28,31)(H,32,33)/t14-,20-/m0/s1. The number of carbonyl (C=O) groups is 2. The maximum absolute atomic E-state index is 12.9. The normalized spacial score (nSPS) is 13.0. The van der Waals surface area contributed by atoms with Crippen LogP contribution in [0.25, 0.3) is 21.9 Å². The third-order valence-corrected chi connectivity index (χ3v) is 5.88. The lowest BCUT2D eigenvalue weighted by Crippen LogP contribution is -2.47. The zero-order valence-corrected chi connectivity index (χ0v) is 19.5. The molecule has 9 heteroatoms. The number of H-pyrrole nitrogens is 1. The number of ether oxygens (including phenoxy) is 1. The molecule has 0 saturated heterocycles. The van der Waals surface area contributed by atoms with E-state index in [-0.39, 0.29) is 12.2 Å². The van der Waals surface area contributed by atoms with Crippen molar-refractivity contribution in [1.29, 1.82) is 0 Å². The Kier molecular flexibility index (Phi) is 6.50. The highest BCUT2D eigenvalue weighted by Crippen LogP contribution is 2.31. The molecule has 0 aliphatic rings. The van der Waals surface area contributed by atoms with E-state index in [9.17, 15) is 24.6 Å². The predicted octanol–water partition coefficient (Wildman–Crippen LogP) is 3.43. The Bertz CT molecular complexity index is 1480. The molecule has 2 atom stereocenters. The zero-order chi connectivity index (χ0) is 25.3. The number of phenols is 1. The zero-order valence-electron chi connectivity index (χ0n) is 19.5. The molecule has 0 saturated carbocycles. The van der Waals surface area contributed by atoms with E-state index in [4.69, 9.17) is 9.15 Å². The maximum Gasteiger partial charge on any atom is 0.336 e. The van der Waals surface area contributed by atoms with Crippen LogP contribution in [0.1, 0.15) is 30.5 Å². The van der Waals surface area contributed by atoms with Crippen LogP contribution in [0.5, 0.6) is 11.5 Å². The molecule has 2 heterocycles. The first-order valence-corrected chi connectivity index (χ1v) is 11.2. The van der Waals surface area contributed by atoms with Gasteiger partial charge in [0.1, 0.15) is 23.1 Å². The molecular formula is C26H26N2O7. The van der Waals surface area contributed by atoms with Gasteiger partial charge in [-0.05, 0) is 67.3 Å². The quantitative estimate of drug-likeness (QED) is 0.284. The fourth-order valence-electron chi connectivity index (χ4n) is 4.13. The molecule has 1 amide bonds. The van der Waals surface area contributed by atoms with Crippen LogP contribution in [0.15, 0.2) is 51.8 Å². The van der Waals surface area contributed by atoms with Crippen LogP contribution >= 0.6 is 0 Å². The van der Waals surface area contributed by atoms with Crippen LogP contribution in [-0.4, -0.2) is 39.2 Å². The Morgan fingerprint density at radius 2 is 1.94 bits per heavy atom. The van der Waals surface area contributed by atoms with Crippen molar-refractivity contribution in [2.45, 2.75) is 45.8 Å². The molecule has 4 aromatic rings. The Morgan fingerprint density at radius 3 is 2.66 bits per heavy atom. The highest BCUT2D eigenvalue weighted by molar-refractivity contribution is 5.90. The summed E-state index contributed by atoms with van der Waals surface area (Å²) in [5, 5.41) is 23.3. The molecule has 0 fully saturated rings. The number of fused-ring (bicyclic) bond motifs is 2. The number of aromatic hydroxyl groups is 1. The molecular weight excluding hydrogens is 452 g/mol. The molecule has 0 spiro atoms. The van der Waals surface area contributed by atoms with Crippen molar-refractivity contribution in [2.24, 2.45) is 0 Å². The number of nitrogens with one attached hydrogen (secondary N) is 2. The molecule has 0 aliphatic heterocycles. The largest absolute Gasteiger partial charge is 0.508 e. The molecule has 182 valence electrons. The first-order chi connectivity index (χ1) is 16.7. The van der Waals surface area contributed by atoms with E-state index in [1.807, 2.05) is 13.8 Å². The first-order valence-electron chi connectivity index (χ1n) is 11.2. The lowest BCUT2D eigenvalue weighted by molar-refractivity contribution is -0.142.